The molecule has 0 saturated heterocycles. The van der Waals surface area contributed by atoms with E-state index >= 15 is 0 Å². The van der Waals surface area contributed by atoms with E-state index in [1.54, 1.807) is 0 Å². The lowest BCUT2D eigenvalue weighted by atomic mass is 10.1. The molecule has 0 rings (SSSR count). The second-order valence-electron chi connectivity index (χ2n) is 6.99. The molecule has 0 spiro atoms. The van der Waals surface area contributed by atoms with Crippen LogP contribution in [-0.2, 0) is 4.79 Å². The van der Waals surface area contributed by atoms with Gasteiger partial charge < -0.3 is 5.11 Å². The summed E-state index contributed by atoms with van der Waals surface area (Å²) >= 11 is 0. The van der Waals surface area contributed by atoms with E-state index in [-0.39, 0.29) is 0 Å². The van der Waals surface area contributed by atoms with E-state index in [4.69, 9.17) is 5.11 Å². The first-order valence-electron chi connectivity index (χ1n) is 8.70. The Labute approximate surface area is 127 Å². The van der Waals surface area contributed by atoms with Crippen LogP contribution in [0, 0.1) is 0 Å². The largest absolute Gasteiger partial charge is 0.481 e. The molecule has 120 valence electrons. The summed E-state index contributed by atoms with van der Waals surface area (Å²) in [7, 11) is -1.05. The molecule has 20 heavy (non-hydrogen) atoms. The average Bonchev–Trinajstić information content (AvgIpc) is 2.38. The Morgan fingerprint density at radius 2 is 1.25 bits per heavy atom. The zero-order chi connectivity index (χ0) is 15.3. The van der Waals surface area contributed by atoms with E-state index < -0.39 is 14.0 Å². The highest BCUT2D eigenvalue weighted by Gasteiger charge is 2.19. The quantitative estimate of drug-likeness (QED) is 0.311. The molecule has 0 aromatic rings. The highest BCUT2D eigenvalue weighted by molar-refractivity contribution is 6.77. The van der Waals surface area contributed by atoms with Crippen molar-refractivity contribution in [2.24, 2.45) is 0 Å². The Morgan fingerprint density at radius 1 is 0.800 bits per heavy atom. The van der Waals surface area contributed by atoms with Gasteiger partial charge in [-0.15, -0.1) is 0 Å². The van der Waals surface area contributed by atoms with Crippen LogP contribution >= 0.6 is 0 Å². The predicted octanol–water partition coefficient (Wildman–Crippen LogP) is 6.09. The molecule has 1 N–H and O–H groups in total. The van der Waals surface area contributed by atoms with E-state index in [0.29, 0.717) is 6.42 Å². The van der Waals surface area contributed by atoms with Gasteiger partial charge in [0.25, 0.3) is 0 Å². The molecular formula is C17H36O2Si. The fourth-order valence-electron chi connectivity index (χ4n) is 2.74. The molecule has 0 bridgehead atoms. The minimum absolute atomic E-state index is 0.349. The minimum Gasteiger partial charge on any atom is -0.481 e. The van der Waals surface area contributed by atoms with Gasteiger partial charge >= 0.3 is 5.97 Å². The van der Waals surface area contributed by atoms with Crippen molar-refractivity contribution < 1.29 is 9.90 Å². The lowest BCUT2D eigenvalue weighted by Gasteiger charge is -2.22. The normalized spacial score (nSPS) is 11.8. The Hall–Kier alpha value is -0.313. The highest BCUT2D eigenvalue weighted by atomic mass is 28.3. The molecule has 0 atom stereocenters. The van der Waals surface area contributed by atoms with Crippen LogP contribution in [0.4, 0.5) is 0 Å². The first-order valence-corrected chi connectivity index (χ1v) is 12.1. The molecule has 0 aliphatic carbocycles. The maximum atomic E-state index is 10.5. The third kappa shape index (κ3) is 14.1. The second kappa shape index (κ2) is 12.4. The second-order valence-corrected chi connectivity index (χ2v) is 12.3. The van der Waals surface area contributed by atoms with Crippen molar-refractivity contribution in [1.29, 1.82) is 0 Å². The van der Waals surface area contributed by atoms with Crippen molar-refractivity contribution in [3.8, 4) is 0 Å². The van der Waals surface area contributed by atoms with Crippen LogP contribution in [-0.4, -0.2) is 19.1 Å². The van der Waals surface area contributed by atoms with Gasteiger partial charge in [0.15, 0.2) is 0 Å². The third-order valence-corrected chi connectivity index (χ3v) is 7.62. The zero-order valence-electron chi connectivity index (χ0n) is 14.0. The topological polar surface area (TPSA) is 37.3 Å². The number of carbonyl (C=O) groups is 1. The number of rotatable bonds is 14. The summed E-state index contributed by atoms with van der Waals surface area (Å²) in [6, 6.07) is 2.73. The molecule has 0 aromatic heterocycles. The number of carboxylic acid groups (broad SMARTS) is 1. The van der Waals surface area contributed by atoms with Crippen LogP contribution in [0.15, 0.2) is 0 Å². The fraction of sp³-hybridized carbons (Fsp3) is 0.941. The van der Waals surface area contributed by atoms with Crippen LogP contribution in [0.5, 0.6) is 0 Å². The van der Waals surface area contributed by atoms with Crippen molar-refractivity contribution >= 4 is 14.0 Å². The number of aliphatic carboxylic acids is 1. The summed E-state index contributed by atoms with van der Waals surface area (Å²) < 4.78 is 0. The molecule has 0 amide bonds. The van der Waals surface area contributed by atoms with Crippen molar-refractivity contribution in [2.75, 3.05) is 0 Å². The van der Waals surface area contributed by atoms with Gasteiger partial charge in [0.1, 0.15) is 0 Å². The minimum atomic E-state index is -1.05. The summed E-state index contributed by atoms with van der Waals surface area (Å²) in [6.45, 7) is 7.20. The molecule has 0 aromatic carbocycles. The van der Waals surface area contributed by atoms with E-state index in [1.807, 2.05) is 0 Å². The molecule has 0 aliphatic rings. The summed E-state index contributed by atoms with van der Waals surface area (Å²) in [4.78, 5) is 10.5. The number of unbranched alkanes of at least 4 members (excludes halogenated alkanes) is 8. The maximum absolute atomic E-state index is 10.5. The Kier molecular flexibility index (Phi) is 12.2. The van der Waals surface area contributed by atoms with Crippen LogP contribution in [0.1, 0.15) is 77.6 Å². The van der Waals surface area contributed by atoms with E-state index in [2.05, 4.69) is 20.0 Å². The maximum Gasteiger partial charge on any atom is 0.303 e. The molecule has 0 fully saturated rings. The molecule has 0 radical (unpaired) electrons. The average molecular weight is 301 g/mol. The van der Waals surface area contributed by atoms with Crippen molar-refractivity contribution in [3.05, 3.63) is 0 Å². The van der Waals surface area contributed by atoms with Gasteiger partial charge in [-0.1, -0.05) is 89.9 Å². The molecule has 3 heteroatoms. The summed E-state index contributed by atoms with van der Waals surface area (Å²) in [5.41, 5.74) is 0. The Balaban J connectivity index is 3.40. The number of hydrogen-bond donors (Lipinski definition) is 1. The van der Waals surface area contributed by atoms with Crippen molar-refractivity contribution in [2.45, 2.75) is 103 Å². The number of carboxylic acids is 1. The molecule has 0 heterocycles. The standard InChI is InChI=1S/C17H36O2Si/c1-4-5-6-7-8-9-10-12-15-20(2,3)16-13-11-14-17(18)19/h4-16H2,1-3H3,(H,18,19). The third-order valence-electron chi connectivity index (χ3n) is 4.20. The van der Waals surface area contributed by atoms with E-state index in [9.17, 15) is 4.79 Å². The molecular weight excluding hydrogens is 264 g/mol. The van der Waals surface area contributed by atoms with Crippen LogP contribution < -0.4 is 0 Å². The SMILES string of the molecule is CCCCCCCCCC[Si](C)(C)CCCCC(=O)O. The lowest BCUT2D eigenvalue weighted by Crippen LogP contribution is -2.24. The summed E-state index contributed by atoms with van der Waals surface area (Å²) in [5, 5.41) is 8.63. The molecule has 0 unspecified atom stereocenters. The van der Waals surface area contributed by atoms with Gasteiger partial charge in [-0.25, -0.2) is 0 Å². The molecule has 2 nitrogen and oxygen atoms in total. The molecule has 0 aliphatic heterocycles. The first-order chi connectivity index (χ1) is 9.48. The van der Waals surface area contributed by atoms with Gasteiger partial charge in [0, 0.05) is 14.5 Å². The van der Waals surface area contributed by atoms with Gasteiger partial charge in [-0.05, 0) is 6.42 Å². The Morgan fingerprint density at radius 3 is 1.75 bits per heavy atom. The fourth-order valence-corrected chi connectivity index (χ4v) is 5.41. The van der Waals surface area contributed by atoms with Gasteiger partial charge in [0.2, 0.25) is 0 Å². The summed E-state index contributed by atoms with van der Waals surface area (Å²) in [6.07, 6.45) is 13.5. The monoisotopic (exact) mass is 300 g/mol. The Bertz CT molecular complexity index is 239. The van der Waals surface area contributed by atoms with Crippen LogP contribution in [0.3, 0.4) is 0 Å². The van der Waals surface area contributed by atoms with Crippen molar-refractivity contribution in [1.82, 2.24) is 0 Å². The lowest BCUT2D eigenvalue weighted by molar-refractivity contribution is -0.137. The van der Waals surface area contributed by atoms with E-state index in [0.717, 1.165) is 12.8 Å². The van der Waals surface area contributed by atoms with Crippen molar-refractivity contribution in [3.63, 3.8) is 0 Å². The summed E-state index contributed by atoms with van der Waals surface area (Å²) in [5.74, 6) is -0.646. The van der Waals surface area contributed by atoms with E-state index in [1.165, 1.54) is 63.5 Å². The zero-order valence-corrected chi connectivity index (χ0v) is 15.0. The van der Waals surface area contributed by atoms with Crippen LogP contribution in [0.25, 0.3) is 0 Å². The van der Waals surface area contributed by atoms with Gasteiger partial charge in [-0.3, -0.25) is 4.79 Å². The highest BCUT2D eigenvalue weighted by Crippen LogP contribution is 2.23. The van der Waals surface area contributed by atoms with Gasteiger partial charge in [0.05, 0.1) is 0 Å². The number of hydrogen-bond acceptors (Lipinski definition) is 1. The van der Waals surface area contributed by atoms with Gasteiger partial charge in [-0.2, -0.15) is 0 Å². The molecule has 0 saturated carbocycles. The predicted molar refractivity (Wildman–Crippen MR) is 91.2 cm³/mol. The van der Waals surface area contributed by atoms with Crippen LogP contribution in [0.2, 0.25) is 25.2 Å². The smallest absolute Gasteiger partial charge is 0.303 e. The first kappa shape index (κ1) is 19.7.